The van der Waals surface area contributed by atoms with Crippen LogP contribution in [-0.4, -0.2) is 10.2 Å². The van der Waals surface area contributed by atoms with Gasteiger partial charge in [-0.2, -0.15) is 5.10 Å². The van der Waals surface area contributed by atoms with Gasteiger partial charge in [-0.3, -0.25) is 9.89 Å². The summed E-state index contributed by atoms with van der Waals surface area (Å²) in [5.74, 6) is 0. The highest BCUT2D eigenvalue weighted by Gasteiger charge is 1.93. The maximum Gasteiger partial charge on any atom is 0.207 e. The van der Waals surface area contributed by atoms with Crippen molar-refractivity contribution in [2.24, 2.45) is 0 Å². The van der Waals surface area contributed by atoms with Crippen LogP contribution in [-0.2, 0) is 0 Å². The van der Waals surface area contributed by atoms with E-state index in [0.29, 0.717) is 5.39 Å². The first kappa shape index (κ1) is 8.74. The first-order chi connectivity index (χ1) is 5.38. The highest BCUT2D eigenvalue weighted by atomic mass is 35.5. The van der Waals surface area contributed by atoms with Crippen LogP contribution in [0, 0.1) is 0 Å². The zero-order chi connectivity index (χ0) is 7.68. The quantitative estimate of drug-likeness (QED) is 0.508. The molecule has 0 aliphatic heterocycles. The van der Waals surface area contributed by atoms with E-state index in [4.69, 9.17) is 0 Å². The number of fused-ring (bicyclic) bond motifs is 1. The molecule has 0 spiro atoms. The minimum absolute atomic E-state index is 0. The monoisotopic (exact) mass is 181 g/mol. The maximum atomic E-state index is 11.1. The van der Waals surface area contributed by atoms with Gasteiger partial charge in [0.25, 0.3) is 0 Å². The number of rotatable bonds is 0. The highest BCUT2D eigenvalue weighted by molar-refractivity contribution is 5.76. The first-order valence-corrected chi connectivity index (χ1v) is 3.30. The average molecular weight is 182 g/mol. The molecule has 2 aromatic rings. The lowest BCUT2D eigenvalue weighted by Gasteiger charge is -1.91. The second-order valence-corrected chi connectivity index (χ2v) is 2.28. The van der Waals surface area contributed by atoms with Crippen LogP contribution in [0.3, 0.4) is 0 Å². The van der Waals surface area contributed by atoms with E-state index in [0.717, 1.165) is 5.52 Å². The van der Waals surface area contributed by atoms with E-state index in [9.17, 15) is 4.79 Å². The standard InChI is InChI=1S/C8H6N2O.ClH/c11-8-5-9-10-7-4-2-1-3-6(7)8;/h1-5H,(H,10,11);1H/p-1. The fourth-order valence-electron chi connectivity index (χ4n) is 1.03. The van der Waals surface area contributed by atoms with E-state index >= 15 is 0 Å². The van der Waals surface area contributed by atoms with Crippen molar-refractivity contribution in [2.45, 2.75) is 0 Å². The molecule has 62 valence electrons. The fourth-order valence-corrected chi connectivity index (χ4v) is 1.03. The van der Waals surface area contributed by atoms with Gasteiger partial charge in [0.15, 0.2) is 0 Å². The van der Waals surface area contributed by atoms with E-state index < -0.39 is 0 Å². The molecule has 0 saturated heterocycles. The van der Waals surface area contributed by atoms with E-state index in [2.05, 4.69) is 10.2 Å². The van der Waals surface area contributed by atoms with Gasteiger partial charge in [0.1, 0.15) is 0 Å². The number of H-pyrrole nitrogens is 1. The first-order valence-electron chi connectivity index (χ1n) is 3.30. The normalized spacial score (nSPS) is 9.33. The molecule has 0 unspecified atom stereocenters. The zero-order valence-corrected chi connectivity index (χ0v) is 6.88. The van der Waals surface area contributed by atoms with Crippen molar-refractivity contribution >= 4 is 10.9 Å². The molecule has 0 fully saturated rings. The third kappa shape index (κ3) is 1.31. The third-order valence-corrected chi connectivity index (χ3v) is 1.56. The summed E-state index contributed by atoms with van der Waals surface area (Å²) in [4.78, 5) is 11.1. The molecule has 0 aliphatic carbocycles. The number of aromatic amines is 1. The van der Waals surface area contributed by atoms with Gasteiger partial charge in [-0.05, 0) is 12.1 Å². The largest absolute Gasteiger partial charge is 1.00 e. The number of hydrogen-bond acceptors (Lipinski definition) is 2. The Morgan fingerprint density at radius 1 is 1.25 bits per heavy atom. The molecule has 12 heavy (non-hydrogen) atoms. The molecule has 0 bridgehead atoms. The highest BCUT2D eigenvalue weighted by Crippen LogP contribution is 2.02. The predicted molar refractivity (Wildman–Crippen MR) is 42.4 cm³/mol. The summed E-state index contributed by atoms with van der Waals surface area (Å²) in [5, 5.41) is 7.10. The van der Waals surface area contributed by atoms with Gasteiger partial charge in [-0.15, -0.1) is 0 Å². The van der Waals surface area contributed by atoms with Crippen LogP contribution in [0.4, 0.5) is 0 Å². The Bertz CT molecular complexity index is 433. The molecule has 0 atom stereocenters. The van der Waals surface area contributed by atoms with Crippen LogP contribution >= 0.6 is 0 Å². The Morgan fingerprint density at radius 2 is 2.00 bits per heavy atom. The number of hydrogen-bond donors (Lipinski definition) is 1. The lowest BCUT2D eigenvalue weighted by Crippen LogP contribution is -3.00. The minimum atomic E-state index is -0.0423. The van der Waals surface area contributed by atoms with E-state index in [1.165, 1.54) is 6.20 Å². The minimum Gasteiger partial charge on any atom is -1.00 e. The average Bonchev–Trinajstić information content (AvgIpc) is 2.06. The van der Waals surface area contributed by atoms with Gasteiger partial charge in [0.05, 0.1) is 11.7 Å². The Balaban J connectivity index is 0.000000720. The summed E-state index contributed by atoms with van der Waals surface area (Å²) < 4.78 is 0. The summed E-state index contributed by atoms with van der Waals surface area (Å²) in [6.07, 6.45) is 1.28. The lowest BCUT2D eigenvalue weighted by atomic mass is 10.2. The van der Waals surface area contributed by atoms with Crippen LogP contribution in [0.2, 0.25) is 0 Å². The summed E-state index contributed by atoms with van der Waals surface area (Å²) in [6.45, 7) is 0. The summed E-state index contributed by atoms with van der Waals surface area (Å²) in [6, 6.07) is 7.29. The van der Waals surface area contributed by atoms with E-state index in [-0.39, 0.29) is 17.8 Å². The second-order valence-electron chi connectivity index (χ2n) is 2.28. The summed E-state index contributed by atoms with van der Waals surface area (Å²) in [5.41, 5.74) is 0.736. The van der Waals surface area contributed by atoms with Gasteiger partial charge < -0.3 is 12.4 Å². The third-order valence-electron chi connectivity index (χ3n) is 1.56. The van der Waals surface area contributed by atoms with Crippen molar-refractivity contribution in [1.29, 1.82) is 0 Å². The van der Waals surface area contributed by atoms with Crippen LogP contribution < -0.4 is 17.8 Å². The second kappa shape index (κ2) is 3.36. The number of aromatic nitrogens is 2. The topological polar surface area (TPSA) is 45.8 Å². The SMILES string of the molecule is O=c1cn[nH]c2ccccc12.[Cl-]. The summed E-state index contributed by atoms with van der Waals surface area (Å²) in [7, 11) is 0. The number of nitrogens with one attached hydrogen (secondary N) is 1. The van der Waals surface area contributed by atoms with Crippen LogP contribution in [0.15, 0.2) is 35.3 Å². The molecule has 1 aromatic carbocycles. The molecule has 1 N–H and O–H groups in total. The number of benzene rings is 1. The smallest absolute Gasteiger partial charge is 0.207 e. The predicted octanol–water partition coefficient (Wildman–Crippen LogP) is -2.07. The van der Waals surface area contributed by atoms with Gasteiger partial charge in [0, 0.05) is 5.39 Å². The molecule has 1 heterocycles. The molecule has 2 rings (SSSR count). The number of para-hydroxylation sites is 1. The van der Waals surface area contributed by atoms with Gasteiger partial charge in [-0.25, -0.2) is 0 Å². The number of nitrogens with zero attached hydrogens (tertiary/aromatic N) is 1. The fraction of sp³-hybridized carbons (Fsp3) is 0. The molecule has 0 amide bonds. The molecule has 0 saturated carbocycles. The molecule has 4 heteroatoms. The van der Waals surface area contributed by atoms with E-state index in [1.807, 2.05) is 18.2 Å². The van der Waals surface area contributed by atoms with Gasteiger partial charge in [0.2, 0.25) is 5.43 Å². The molecule has 0 aliphatic rings. The van der Waals surface area contributed by atoms with Crippen molar-refractivity contribution < 1.29 is 12.4 Å². The number of halogens is 1. The molecule has 3 nitrogen and oxygen atoms in total. The van der Waals surface area contributed by atoms with Crippen molar-refractivity contribution in [3.05, 3.63) is 40.7 Å². The Morgan fingerprint density at radius 3 is 2.75 bits per heavy atom. The molecule has 1 aromatic heterocycles. The van der Waals surface area contributed by atoms with Gasteiger partial charge in [-0.1, -0.05) is 12.1 Å². The molecule has 0 radical (unpaired) electrons. The van der Waals surface area contributed by atoms with Crippen LogP contribution in [0.1, 0.15) is 0 Å². The maximum absolute atomic E-state index is 11.1. The van der Waals surface area contributed by atoms with Crippen molar-refractivity contribution in [3.63, 3.8) is 0 Å². The van der Waals surface area contributed by atoms with E-state index in [1.54, 1.807) is 6.07 Å². The van der Waals surface area contributed by atoms with Crippen LogP contribution in [0.25, 0.3) is 10.9 Å². The summed E-state index contributed by atoms with van der Waals surface area (Å²) >= 11 is 0. The van der Waals surface area contributed by atoms with Crippen molar-refractivity contribution in [3.8, 4) is 0 Å². The van der Waals surface area contributed by atoms with Crippen molar-refractivity contribution in [1.82, 2.24) is 10.2 Å². The van der Waals surface area contributed by atoms with Crippen LogP contribution in [0.5, 0.6) is 0 Å². The zero-order valence-electron chi connectivity index (χ0n) is 6.12. The van der Waals surface area contributed by atoms with Crippen molar-refractivity contribution in [2.75, 3.05) is 0 Å². The molecular weight excluding hydrogens is 176 g/mol. The van der Waals surface area contributed by atoms with Gasteiger partial charge >= 0.3 is 0 Å². The Labute approximate surface area is 74.8 Å². The lowest BCUT2D eigenvalue weighted by molar-refractivity contribution is -0.00000230. The molecular formula is C8H6ClN2O-. The Hall–Kier alpha value is -1.35. The Kier molecular flexibility index (Phi) is 2.45.